The monoisotopic (exact) mass is 487 g/mol. The Labute approximate surface area is 196 Å². The van der Waals surface area contributed by atoms with Crippen molar-refractivity contribution in [3.63, 3.8) is 0 Å². The smallest absolute Gasteiger partial charge is 0.421 e. The third-order valence-corrected chi connectivity index (χ3v) is 5.55. The fourth-order valence-corrected chi connectivity index (χ4v) is 3.73. The predicted octanol–water partition coefficient (Wildman–Crippen LogP) is 2.21. The number of anilines is 2. The molecule has 0 aliphatic heterocycles. The molecule has 0 aliphatic rings. The number of ether oxygens (including phenoxy) is 1. The molecular weight excluding hydrogens is 468 g/mol. The SMILES string of the molecule is Cc1nsc(Oc2ccc(Nc3[nH]c(=O)n(CCO)c(=O)[n+]3Cc3ccc(Cl)cc3)cc2)n1. The number of H-pyrrole nitrogens is 1. The van der Waals surface area contributed by atoms with Gasteiger partial charge >= 0.3 is 17.3 Å². The van der Waals surface area contributed by atoms with E-state index in [-0.39, 0.29) is 25.6 Å². The maximum atomic E-state index is 13.0. The van der Waals surface area contributed by atoms with Crippen LogP contribution in [0.2, 0.25) is 5.02 Å². The third-order valence-electron chi connectivity index (χ3n) is 4.61. The van der Waals surface area contributed by atoms with E-state index in [1.165, 1.54) is 4.57 Å². The van der Waals surface area contributed by atoms with Crippen molar-refractivity contribution in [3.05, 3.63) is 85.9 Å². The summed E-state index contributed by atoms with van der Waals surface area (Å²) in [6, 6.07) is 14.0. The van der Waals surface area contributed by atoms with Crippen molar-refractivity contribution in [2.45, 2.75) is 20.0 Å². The van der Waals surface area contributed by atoms with Gasteiger partial charge in [-0.3, -0.25) is 5.32 Å². The summed E-state index contributed by atoms with van der Waals surface area (Å²) >= 11 is 7.12. The van der Waals surface area contributed by atoms with Gasteiger partial charge in [0, 0.05) is 16.6 Å². The Morgan fingerprint density at radius 1 is 1.18 bits per heavy atom. The Kier molecular flexibility index (Phi) is 6.82. The van der Waals surface area contributed by atoms with E-state index in [0.29, 0.717) is 27.5 Å². The molecule has 0 amide bonds. The molecule has 3 N–H and O–H groups in total. The Balaban J connectivity index is 1.63. The quantitative estimate of drug-likeness (QED) is 0.325. The normalized spacial score (nSPS) is 10.9. The first-order valence-electron chi connectivity index (χ1n) is 9.90. The largest absolute Gasteiger partial charge is 0.430 e. The fourth-order valence-electron chi connectivity index (χ4n) is 3.04. The van der Waals surface area contributed by atoms with Gasteiger partial charge in [-0.1, -0.05) is 23.7 Å². The molecule has 2 aromatic carbocycles. The molecule has 10 nitrogen and oxygen atoms in total. The lowest BCUT2D eigenvalue weighted by Gasteiger charge is -2.10. The summed E-state index contributed by atoms with van der Waals surface area (Å²) in [6.45, 7) is 1.50. The standard InChI is InChI=1S/C21H19ClN6O4S/c1-13-23-20(33-26-13)32-17-8-6-16(7-9-17)24-18-25-19(30)27(10-11-29)21(31)28(18)12-14-2-4-15(22)5-3-14/h2-9,29H,10-12H2,1H3,(H,24,25,30)/p+1. The zero-order valence-electron chi connectivity index (χ0n) is 17.5. The molecule has 2 heterocycles. The Hall–Kier alpha value is -3.54. The maximum absolute atomic E-state index is 13.0. The molecule has 0 atom stereocenters. The molecule has 0 bridgehead atoms. The number of aliphatic hydroxyl groups is 1. The molecule has 0 unspecified atom stereocenters. The summed E-state index contributed by atoms with van der Waals surface area (Å²) in [5, 5.41) is 13.3. The van der Waals surface area contributed by atoms with Crippen LogP contribution in [-0.2, 0) is 13.1 Å². The van der Waals surface area contributed by atoms with Crippen molar-refractivity contribution in [1.29, 1.82) is 0 Å². The Morgan fingerprint density at radius 3 is 2.55 bits per heavy atom. The van der Waals surface area contributed by atoms with Crippen LogP contribution in [0.3, 0.4) is 0 Å². The summed E-state index contributed by atoms with van der Waals surface area (Å²) in [4.78, 5) is 32.3. The second kappa shape index (κ2) is 9.94. The highest BCUT2D eigenvalue weighted by Crippen LogP contribution is 2.24. The van der Waals surface area contributed by atoms with Gasteiger partial charge in [0.05, 0.1) is 25.4 Å². The minimum Gasteiger partial charge on any atom is -0.430 e. The van der Waals surface area contributed by atoms with Gasteiger partial charge in [-0.25, -0.2) is 14.6 Å². The van der Waals surface area contributed by atoms with Gasteiger partial charge in [0.1, 0.15) is 11.6 Å². The third kappa shape index (κ3) is 5.45. The molecule has 0 saturated carbocycles. The molecule has 33 heavy (non-hydrogen) atoms. The van der Waals surface area contributed by atoms with Gasteiger partial charge in [-0.15, -0.1) is 0 Å². The fraction of sp³-hybridized carbons (Fsp3) is 0.190. The summed E-state index contributed by atoms with van der Waals surface area (Å²) in [6.07, 6.45) is 0. The Morgan fingerprint density at radius 2 is 1.91 bits per heavy atom. The molecule has 0 radical (unpaired) electrons. The lowest BCUT2D eigenvalue weighted by atomic mass is 10.2. The summed E-state index contributed by atoms with van der Waals surface area (Å²) in [7, 11) is 0. The summed E-state index contributed by atoms with van der Waals surface area (Å²) in [5.41, 5.74) is 0.242. The number of nitrogens with zero attached hydrogens (tertiary/aromatic N) is 4. The van der Waals surface area contributed by atoms with Gasteiger partial charge in [0.2, 0.25) is 0 Å². The second-order valence-corrected chi connectivity index (χ2v) is 8.16. The van der Waals surface area contributed by atoms with Crippen LogP contribution in [0.25, 0.3) is 0 Å². The molecule has 4 aromatic rings. The average molecular weight is 488 g/mol. The number of hydrogen-bond acceptors (Lipinski definition) is 8. The number of hydrogen-bond donors (Lipinski definition) is 3. The van der Waals surface area contributed by atoms with Crippen molar-refractivity contribution < 1.29 is 14.4 Å². The average Bonchev–Trinajstić information content (AvgIpc) is 3.21. The number of rotatable bonds is 8. The number of benzene rings is 2. The van der Waals surface area contributed by atoms with Crippen molar-refractivity contribution in [1.82, 2.24) is 18.9 Å². The van der Waals surface area contributed by atoms with E-state index in [4.69, 9.17) is 16.3 Å². The van der Waals surface area contributed by atoms with E-state index in [2.05, 4.69) is 19.7 Å². The van der Waals surface area contributed by atoms with Crippen molar-refractivity contribution in [2.24, 2.45) is 0 Å². The van der Waals surface area contributed by atoms with Gasteiger partial charge in [0.25, 0.3) is 5.19 Å². The first kappa shape index (κ1) is 22.6. The molecule has 12 heteroatoms. The lowest BCUT2D eigenvalue weighted by Crippen LogP contribution is -2.60. The first-order valence-corrected chi connectivity index (χ1v) is 11.1. The van der Waals surface area contributed by atoms with Crippen LogP contribution in [0.5, 0.6) is 10.9 Å². The minimum absolute atomic E-state index is 0.119. The molecule has 0 aliphatic carbocycles. The number of halogens is 1. The van der Waals surface area contributed by atoms with E-state index in [1.807, 2.05) is 0 Å². The van der Waals surface area contributed by atoms with E-state index in [1.54, 1.807) is 55.5 Å². The first-order chi connectivity index (χ1) is 15.9. The van der Waals surface area contributed by atoms with E-state index >= 15 is 0 Å². The van der Waals surface area contributed by atoms with Crippen molar-refractivity contribution in [3.8, 4) is 10.9 Å². The summed E-state index contributed by atoms with van der Waals surface area (Å²) < 4.78 is 12.1. The Bertz CT molecular complexity index is 1370. The van der Waals surface area contributed by atoms with Crippen molar-refractivity contribution >= 4 is 34.8 Å². The van der Waals surface area contributed by atoms with Crippen LogP contribution in [0.4, 0.5) is 11.6 Å². The molecular formula is C21H20ClN6O4S+. The predicted molar refractivity (Wildman–Crippen MR) is 124 cm³/mol. The minimum atomic E-state index is -0.629. The van der Waals surface area contributed by atoms with Crippen LogP contribution in [0.15, 0.2) is 58.1 Å². The molecule has 2 aromatic heterocycles. The molecule has 4 rings (SSSR count). The second-order valence-electron chi connectivity index (χ2n) is 7.01. The van der Waals surface area contributed by atoms with Crippen molar-refractivity contribution in [2.75, 3.05) is 11.9 Å². The van der Waals surface area contributed by atoms with Crippen LogP contribution >= 0.6 is 23.1 Å². The van der Waals surface area contributed by atoms with E-state index in [9.17, 15) is 14.7 Å². The van der Waals surface area contributed by atoms with Gasteiger partial charge in [-0.2, -0.15) is 18.5 Å². The molecule has 0 saturated heterocycles. The lowest BCUT2D eigenvalue weighted by molar-refractivity contribution is -0.696. The summed E-state index contributed by atoms with van der Waals surface area (Å²) in [5.74, 6) is 1.40. The highest BCUT2D eigenvalue weighted by Gasteiger charge is 2.20. The molecule has 0 spiro atoms. The van der Waals surface area contributed by atoms with Crippen LogP contribution < -0.4 is 26.0 Å². The van der Waals surface area contributed by atoms with Crippen LogP contribution in [0, 0.1) is 6.92 Å². The number of aromatic amines is 1. The molecule has 170 valence electrons. The number of aliphatic hydroxyl groups excluding tert-OH is 1. The zero-order valence-corrected chi connectivity index (χ0v) is 19.1. The highest BCUT2D eigenvalue weighted by molar-refractivity contribution is 7.07. The number of nitrogens with one attached hydrogen (secondary N) is 2. The highest BCUT2D eigenvalue weighted by atomic mass is 35.5. The molecule has 0 fully saturated rings. The topological polar surface area (TPSA) is 126 Å². The van der Waals surface area contributed by atoms with E-state index in [0.717, 1.165) is 21.7 Å². The van der Waals surface area contributed by atoms with E-state index < -0.39 is 11.4 Å². The van der Waals surface area contributed by atoms with Gasteiger partial charge in [0.15, 0.2) is 0 Å². The number of aryl methyl sites for hydroxylation is 1. The van der Waals surface area contributed by atoms with Crippen LogP contribution in [0.1, 0.15) is 11.4 Å². The number of aromatic nitrogens is 5. The van der Waals surface area contributed by atoms with Gasteiger partial charge in [-0.05, 0) is 48.9 Å². The maximum Gasteiger partial charge on any atom is 0.421 e. The van der Waals surface area contributed by atoms with Gasteiger partial charge < -0.3 is 9.84 Å². The van der Waals surface area contributed by atoms with Crippen LogP contribution in [-0.4, -0.2) is 30.6 Å². The zero-order chi connectivity index (χ0) is 23.4.